The molecule has 142 valence electrons. The van der Waals surface area contributed by atoms with Crippen LogP contribution in [-0.4, -0.2) is 43.3 Å². The van der Waals surface area contributed by atoms with Gasteiger partial charge in [0.25, 0.3) is 5.91 Å². The van der Waals surface area contributed by atoms with Crippen LogP contribution >= 0.6 is 0 Å². The van der Waals surface area contributed by atoms with E-state index in [0.717, 1.165) is 0 Å². The number of esters is 1. The van der Waals surface area contributed by atoms with Crippen molar-refractivity contribution in [3.63, 3.8) is 0 Å². The molecule has 1 atom stereocenters. The standard InChI is InChI=1S/C19H28BNO5/c1-12(2)15(17(23)24-7)21-16(22)13-10-8-9-11-14(13)20-25-18(3,4)19(5,6)26-20/h8-12,15H,1-7H3,(H,21,22)/t15-/m0/s1. The Kier molecular flexibility index (Phi) is 5.83. The van der Waals surface area contributed by atoms with E-state index in [0.29, 0.717) is 11.0 Å². The molecule has 1 saturated heterocycles. The van der Waals surface area contributed by atoms with Crippen LogP contribution in [0.4, 0.5) is 0 Å². The fraction of sp³-hybridized carbons (Fsp3) is 0.579. The highest BCUT2D eigenvalue weighted by atomic mass is 16.7. The van der Waals surface area contributed by atoms with Crippen LogP contribution in [-0.2, 0) is 18.8 Å². The number of ether oxygens (including phenoxy) is 1. The monoisotopic (exact) mass is 361 g/mol. The van der Waals surface area contributed by atoms with E-state index < -0.39 is 30.3 Å². The van der Waals surface area contributed by atoms with E-state index in [2.05, 4.69) is 5.32 Å². The summed E-state index contributed by atoms with van der Waals surface area (Å²) in [6, 6.07) is 6.38. The Morgan fingerprint density at radius 1 is 1.08 bits per heavy atom. The van der Waals surface area contributed by atoms with Crippen LogP contribution in [0, 0.1) is 5.92 Å². The van der Waals surface area contributed by atoms with Crippen molar-refractivity contribution in [1.29, 1.82) is 0 Å². The third-order valence-corrected chi connectivity index (χ3v) is 5.12. The molecule has 0 bridgehead atoms. The minimum atomic E-state index is -0.723. The molecule has 1 amide bonds. The van der Waals surface area contributed by atoms with Gasteiger partial charge in [0.15, 0.2) is 0 Å². The summed E-state index contributed by atoms with van der Waals surface area (Å²) in [5.74, 6) is -0.934. The van der Waals surface area contributed by atoms with Crippen molar-refractivity contribution in [1.82, 2.24) is 5.32 Å². The van der Waals surface area contributed by atoms with Crippen molar-refractivity contribution in [2.75, 3.05) is 7.11 Å². The predicted molar refractivity (Wildman–Crippen MR) is 100 cm³/mol. The van der Waals surface area contributed by atoms with Crippen molar-refractivity contribution >= 4 is 24.5 Å². The van der Waals surface area contributed by atoms with E-state index in [4.69, 9.17) is 14.0 Å². The Morgan fingerprint density at radius 2 is 1.62 bits per heavy atom. The molecule has 1 N–H and O–H groups in total. The van der Waals surface area contributed by atoms with Gasteiger partial charge in [0, 0.05) is 5.56 Å². The molecular formula is C19H28BNO5. The molecular weight excluding hydrogens is 333 g/mol. The first-order valence-corrected chi connectivity index (χ1v) is 8.83. The van der Waals surface area contributed by atoms with Crippen LogP contribution in [0.15, 0.2) is 24.3 Å². The van der Waals surface area contributed by atoms with Gasteiger partial charge in [-0.25, -0.2) is 4.79 Å². The highest BCUT2D eigenvalue weighted by Crippen LogP contribution is 2.36. The molecule has 7 heteroatoms. The number of carbonyl (C=O) groups excluding carboxylic acids is 2. The van der Waals surface area contributed by atoms with E-state index >= 15 is 0 Å². The lowest BCUT2D eigenvalue weighted by Crippen LogP contribution is -2.47. The molecule has 2 rings (SSSR count). The third-order valence-electron chi connectivity index (χ3n) is 5.12. The van der Waals surface area contributed by atoms with Gasteiger partial charge in [0.2, 0.25) is 0 Å². The second kappa shape index (κ2) is 7.41. The van der Waals surface area contributed by atoms with Gasteiger partial charge in [-0.2, -0.15) is 0 Å². The fourth-order valence-corrected chi connectivity index (χ4v) is 2.72. The van der Waals surface area contributed by atoms with Gasteiger partial charge < -0.3 is 19.4 Å². The number of hydrogen-bond acceptors (Lipinski definition) is 5. The molecule has 1 aromatic carbocycles. The summed E-state index contributed by atoms with van der Waals surface area (Å²) in [6.45, 7) is 11.5. The maximum Gasteiger partial charge on any atom is 0.495 e. The van der Waals surface area contributed by atoms with Gasteiger partial charge in [0.05, 0.1) is 18.3 Å². The Labute approximate surface area is 155 Å². The number of rotatable bonds is 5. The smallest absolute Gasteiger partial charge is 0.467 e. The lowest BCUT2D eigenvalue weighted by atomic mass is 9.75. The predicted octanol–water partition coefficient (Wildman–Crippen LogP) is 1.91. The summed E-state index contributed by atoms with van der Waals surface area (Å²) in [6.07, 6.45) is 0. The maximum absolute atomic E-state index is 12.9. The van der Waals surface area contributed by atoms with E-state index in [9.17, 15) is 9.59 Å². The first-order valence-electron chi connectivity index (χ1n) is 8.83. The zero-order valence-electron chi connectivity index (χ0n) is 16.6. The Balaban J connectivity index is 2.29. The minimum absolute atomic E-state index is 0.101. The number of benzene rings is 1. The van der Waals surface area contributed by atoms with Gasteiger partial charge in [-0.1, -0.05) is 32.0 Å². The van der Waals surface area contributed by atoms with Crippen LogP contribution in [0.2, 0.25) is 0 Å². The van der Waals surface area contributed by atoms with Crippen LogP contribution in [0.1, 0.15) is 51.9 Å². The van der Waals surface area contributed by atoms with E-state index in [-0.39, 0.29) is 11.8 Å². The molecule has 0 radical (unpaired) electrons. The number of methoxy groups -OCH3 is 1. The van der Waals surface area contributed by atoms with Crippen LogP contribution in [0.5, 0.6) is 0 Å². The van der Waals surface area contributed by atoms with Crippen molar-refractivity contribution < 1.29 is 23.6 Å². The van der Waals surface area contributed by atoms with E-state index in [1.807, 2.05) is 47.6 Å². The zero-order chi connectivity index (χ0) is 19.7. The summed E-state index contributed by atoms with van der Waals surface area (Å²) in [7, 11) is 0.653. The minimum Gasteiger partial charge on any atom is -0.467 e. The second-order valence-electron chi connectivity index (χ2n) is 7.89. The number of hydrogen-bond donors (Lipinski definition) is 1. The molecule has 1 fully saturated rings. The van der Waals surface area contributed by atoms with Crippen molar-refractivity contribution in [3.05, 3.63) is 29.8 Å². The normalized spacial score (nSPS) is 19.3. The van der Waals surface area contributed by atoms with Crippen molar-refractivity contribution in [2.24, 2.45) is 5.92 Å². The van der Waals surface area contributed by atoms with E-state index in [1.165, 1.54) is 7.11 Å². The lowest BCUT2D eigenvalue weighted by Gasteiger charge is -2.32. The SMILES string of the molecule is COC(=O)[C@@H](NC(=O)c1ccccc1B1OC(C)(C)C(C)(C)O1)C(C)C. The molecule has 0 unspecified atom stereocenters. The van der Waals surface area contributed by atoms with E-state index in [1.54, 1.807) is 18.2 Å². The van der Waals surface area contributed by atoms with Crippen LogP contribution < -0.4 is 10.8 Å². The quantitative estimate of drug-likeness (QED) is 0.641. The Bertz CT molecular complexity index is 670. The van der Waals surface area contributed by atoms with Gasteiger partial charge in [-0.3, -0.25) is 4.79 Å². The second-order valence-corrected chi connectivity index (χ2v) is 7.89. The lowest BCUT2D eigenvalue weighted by molar-refractivity contribution is -0.144. The molecule has 1 aromatic rings. The maximum atomic E-state index is 12.9. The average molecular weight is 361 g/mol. The van der Waals surface area contributed by atoms with Gasteiger partial charge in [0.1, 0.15) is 6.04 Å². The summed E-state index contributed by atoms with van der Waals surface area (Å²) >= 11 is 0. The molecule has 0 saturated carbocycles. The highest BCUT2D eigenvalue weighted by molar-refractivity contribution is 6.63. The number of carbonyl (C=O) groups is 2. The highest BCUT2D eigenvalue weighted by Gasteiger charge is 2.52. The van der Waals surface area contributed by atoms with Crippen LogP contribution in [0.25, 0.3) is 0 Å². The summed E-state index contributed by atoms with van der Waals surface area (Å²) in [5, 5.41) is 2.76. The molecule has 0 aromatic heterocycles. The summed E-state index contributed by atoms with van der Waals surface area (Å²) in [4.78, 5) is 24.8. The van der Waals surface area contributed by atoms with Gasteiger partial charge in [-0.15, -0.1) is 0 Å². The van der Waals surface area contributed by atoms with Gasteiger partial charge >= 0.3 is 13.1 Å². The van der Waals surface area contributed by atoms with Crippen LogP contribution in [0.3, 0.4) is 0 Å². The first kappa shape index (κ1) is 20.5. The number of amides is 1. The first-order chi connectivity index (χ1) is 12.0. The molecule has 0 aliphatic carbocycles. The zero-order valence-corrected chi connectivity index (χ0v) is 16.6. The summed E-state index contributed by atoms with van der Waals surface area (Å²) < 4.78 is 16.9. The molecule has 1 heterocycles. The van der Waals surface area contributed by atoms with Crippen molar-refractivity contribution in [3.8, 4) is 0 Å². The molecule has 0 spiro atoms. The topological polar surface area (TPSA) is 73.9 Å². The third kappa shape index (κ3) is 3.94. The number of nitrogens with one attached hydrogen (secondary N) is 1. The average Bonchev–Trinajstić information content (AvgIpc) is 2.79. The van der Waals surface area contributed by atoms with Crippen molar-refractivity contribution in [2.45, 2.75) is 58.8 Å². The summed E-state index contributed by atoms with van der Waals surface area (Å²) in [5.41, 5.74) is 0.0400. The molecule has 1 aliphatic heterocycles. The fourth-order valence-electron chi connectivity index (χ4n) is 2.72. The Morgan fingerprint density at radius 3 is 2.12 bits per heavy atom. The Hall–Kier alpha value is -1.86. The van der Waals surface area contributed by atoms with Gasteiger partial charge in [-0.05, 0) is 45.1 Å². The molecule has 6 nitrogen and oxygen atoms in total. The largest absolute Gasteiger partial charge is 0.495 e. The molecule has 1 aliphatic rings. The molecule has 26 heavy (non-hydrogen) atoms.